The van der Waals surface area contributed by atoms with Crippen molar-refractivity contribution in [2.45, 2.75) is 44.9 Å². The molecule has 2 heterocycles. The van der Waals surface area contributed by atoms with Crippen molar-refractivity contribution < 1.29 is 14.3 Å². The summed E-state index contributed by atoms with van der Waals surface area (Å²) in [5.41, 5.74) is -0.440. The molecule has 17 heavy (non-hydrogen) atoms. The fourth-order valence-electron chi connectivity index (χ4n) is 2.43. The Labute approximate surface area is 102 Å². The van der Waals surface area contributed by atoms with Gasteiger partial charge in [-0.3, -0.25) is 0 Å². The zero-order valence-electron chi connectivity index (χ0n) is 10.8. The van der Waals surface area contributed by atoms with Gasteiger partial charge in [-0.2, -0.15) is 0 Å². The van der Waals surface area contributed by atoms with Crippen molar-refractivity contribution in [2.24, 2.45) is 5.92 Å². The molecule has 5 nitrogen and oxygen atoms in total. The average Bonchev–Trinajstić information content (AvgIpc) is 2.73. The highest BCUT2D eigenvalue weighted by Gasteiger charge is 2.40. The number of ether oxygens (including phenoxy) is 2. The largest absolute Gasteiger partial charge is 0.444 e. The van der Waals surface area contributed by atoms with Crippen LogP contribution >= 0.6 is 0 Å². The van der Waals surface area contributed by atoms with E-state index in [-0.39, 0.29) is 12.2 Å². The van der Waals surface area contributed by atoms with E-state index in [1.54, 1.807) is 0 Å². The molecule has 0 radical (unpaired) electrons. The van der Waals surface area contributed by atoms with Gasteiger partial charge in [0.25, 0.3) is 0 Å². The van der Waals surface area contributed by atoms with Crippen LogP contribution in [0.1, 0.15) is 27.2 Å². The summed E-state index contributed by atoms with van der Waals surface area (Å²) in [6.45, 7) is 7.93. The van der Waals surface area contributed by atoms with Gasteiger partial charge in [-0.1, -0.05) is 0 Å². The molecule has 2 N–H and O–H groups in total. The minimum absolute atomic E-state index is 0.255. The topological polar surface area (TPSA) is 59.6 Å². The van der Waals surface area contributed by atoms with Crippen LogP contribution < -0.4 is 10.6 Å². The van der Waals surface area contributed by atoms with E-state index in [0.29, 0.717) is 18.5 Å². The summed E-state index contributed by atoms with van der Waals surface area (Å²) in [4.78, 5) is 11.5. The molecule has 0 saturated carbocycles. The monoisotopic (exact) mass is 242 g/mol. The lowest BCUT2D eigenvalue weighted by atomic mass is 10.0. The van der Waals surface area contributed by atoms with Gasteiger partial charge in [-0.05, 0) is 27.2 Å². The van der Waals surface area contributed by atoms with Gasteiger partial charge in [0.05, 0.1) is 6.10 Å². The molecule has 0 aliphatic carbocycles. The Morgan fingerprint density at radius 2 is 2.29 bits per heavy atom. The molecular formula is C12H22N2O3. The second-order valence-corrected chi connectivity index (χ2v) is 5.78. The molecule has 0 spiro atoms. The van der Waals surface area contributed by atoms with Gasteiger partial charge in [0.1, 0.15) is 5.60 Å². The summed E-state index contributed by atoms with van der Waals surface area (Å²) in [5.74, 6) is 0.356. The fourth-order valence-corrected chi connectivity index (χ4v) is 2.43. The van der Waals surface area contributed by atoms with Crippen molar-refractivity contribution in [2.75, 3.05) is 19.7 Å². The van der Waals surface area contributed by atoms with Gasteiger partial charge in [-0.15, -0.1) is 0 Å². The average molecular weight is 242 g/mol. The third-order valence-electron chi connectivity index (χ3n) is 3.15. The molecule has 2 rings (SSSR count). The number of amides is 1. The predicted molar refractivity (Wildman–Crippen MR) is 63.9 cm³/mol. The molecule has 2 aliphatic heterocycles. The molecule has 2 fully saturated rings. The number of fused-ring (bicyclic) bond motifs is 1. The second-order valence-electron chi connectivity index (χ2n) is 5.78. The van der Waals surface area contributed by atoms with E-state index in [1.165, 1.54) is 0 Å². The van der Waals surface area contributed by atoms with Crippen molar-refractivity contribution in [3.8, 4) is 0 Å². The van der Waals surface area contributed by atoms with Crippen LogP contribution in [0, 0.1) is 5.92 Å². The highest BCUT2D eigenvalue weighted by atomic mass is 16.6. The zero-order chi connectivity index (χ0) is 12.5. The van der Waals surface area contributed by atoms with E-state index in [9.17, 15) is 4.79 Å². The standard InChI is InChI=1S/C12H22N2O3/c1-12(2,3)17-11(15)14-7-8-6-13-9-4-5-16-10(8)9/h8-10,13H,4-7H2,1-3H3,(H,14,15)/t8?,9-,10?/m1/s1. The lowest BCUT2D eigenvalue weighted by Gasteiger charge is -2.22. The van der Waals surface area contributed by atoms with Crippen molar-refractivity contribution in [1.29, 1.82) is 0 Å². The first-order valence-electron chi connectivity index (χ1n) is 6.27. The smallest absolute Gasteiger partial charge is 0.407 e. The number of carbonyl (C=O) groups excluding carboxylic acids is 1. The first-order valence-corrected chi connectivity index (χ1v) is 6.27. The quantitative estimate of drug-likeness (QED) is 0.755. The Bertz CT molecular complexity index is 288. The van der Waals surface area contributed by atoms with Crippen molar-refractivity contribution in [3.63, 3.8) is 0 Å². The Balaban J connectivity index is 1.73. The molecule has 0 aromatic heterocycles. The van der Waals surface area contributed by atoms with E-state index in [0.717, 1.165) is 19.6 Å². The molecule has 98 valence electrons. The summed E-state index contributed by atoms with van der Waals surface area (Å²) in [5, 5.41) is 6.24. The SMILES string of the molecule is CC(C)(C)OC(=O)NCC1CN[C@@H]2CCOC12. The first kappa shape index (κ1) is 12.6. The minimum atomic E-state index is -0.440. The maximum absolute atomic E-state index is 11.5. The van der Waals surface area contributed by atoms with Crippen LogP contribution in [-0.2, 0) is 9.47 Å². The van der Waals surface area contributed by atoms with Gasteiger partial charge in [-0.25, -0.2) is 4.79 Å². The van der Waals surface area contributed by atoms with Crippen LogP contribution in [0.4, 0.5) is 4.79 Å². The fraction of sp³-hybridized carbons (Fsp3) is 0.917. The summed E-state index contributed by atoms with van der Waals surface area (Å²) in [7, 11) is 0. The van der Waals surface area contributed by atoms with Crippen molar-refractivity contribution in [1.82, 2.24) is 10.6 Å². The summed E-state index contributed by atoms with van der Waals surface area (Å²) >= 11 is 0. The molecule has 2 unspecified atom stereocenters. The highest BCUT2D eigenvalue weighted by Crippen LogP contribution is 2.25. The molecule has 0 aromatic rings. The normalized spacial score (nSPS) is 32.3. The lowest BCUT2D eigenvalue weighted by Crippen LogP contribution is -2.38. The minimum Gasteiger partial charge on any atom is -0.444 e. The van der Waals surface area contributed by atoms with Crippen LogP contribution in [0.15, 0.2) is 0 Å². The number of hydrogen-bond acceptors (Lipinski definition) is 4. The number of carbonyl (C=O) groups is 1. The molecule has 3 atom stereocenters. The number of nitrogens with one attached hydrogen (secondary N) is 2. The second kappa shape index (κ2) is 4.82. The van der Waals surface area contributed by atoms with Crippen LogP contribution in [0.25, 0.3) is 0 Å². The lowest BCUT2D eigenvalue weighted by molar-refractivity contribution is 0.0472. The van der Waals surface area contributed by atoms with E-state index < -0.39 is 5.60 Å². The summed E-state index contributed by atoms with van der Waals surface area (Å²) < 4.78 is 10.9. The maximum Gasteiger partial charge on any atom is 0.407 e. The first-order chi connectivity index (χ1) is 7.96. The van der Waals surface area contributed by atoms with E-state index >= 15 is 0 Å². The number of hydrogen-bond donors (Lipinski definition) is 2. The zero-order valence-corrected chi connectivity index (χ0v) is 10.8. The predicted octanol–water partition coefficient (Wildman–Crippen LogP) is 0.888. The van der Waals surface area contributed by atoms with Crippen molar-refractivity contribution >= 4 is 6.09 Å². The van der Waals surface area contributed by atoms with Gasteiger partial charge < -0.3 is 20.1 Å². The Hall–Kier alpha value is -0.810. The third kappa shape index (κ3) is 3.33. The van der Waals surface area contributed by atoms with E-state index in [4.69, 9.17) is 9.47 Å². The molecule has 1 amide bonds. The van der Waals surface area contributed by atoms with E-state index in [1.807, 2.05) is 20.8 Å². The Morgan fingerprint density at radius 3 is 3.00 bits per heavy atom. The third-order valence-corrected chi connectivity index (χ3v) is 3.15. The number of rotatable bonds is 2. The number of alkyl carbamates (subject to hydrolysis) is 1. The Morgan fingerprint density at radius 1 is 1.53 bits per heavy atom. The van der Waals surface area contributed by atoms with Crippen LogP contribution in [0.3, 0.4) is 0 Å². The van der Waals surface area contributed by atoms with Gasteiger partial charge in [0.15, 0.2) is 0 Å². The molecule has 0 bridgehead atoms. The van der Waals surface area contributed by atoms with Crippen LogP contribution in [0.5, 0.6) is 0 Å². The van der Waals surface area contributed by atoms with Gasteiger partial charge in [0.2, 0.25) is 0 Å². The van der Waals surface area contributed by atoms with Crippen LogP contribution in [-0.4, -0.2) is 43.5 Å². The Kier molecular flexibility index (Phi) is 3.58. The van der Waals surface area contributed by atoms with E-state index in [2.05, 4.69) is 10.6 Å². The van der Waals surface area contributed by atoms with Gasteiger partial charge >= 0.3 is 6.09 Å². The maximum atomic E-state index is 11.5. The highest BCUT2D eigenvalue weighted by molar-refractivity contribution is 5.67. The molecule has 5 heteroatoms. The van der Waals surface area contributed by atoms with Gasteiger partial charge in [0, 0.05) is 31.7 Å². The summed E-state index contributed by atoms with van der Waals surface area (Å²) in [6.07, 6.45) is 0.983. The molecular weight excluding hydrogens is 220 g/mol. The van der Waals surface area contributed by atoms with Crippen molar-refractivity contribution in [3.05, 3.63) is 0 Å². The van der Waals surface area contributed by atoms with Crippen LogP contribution in [0.2, 0.25) is 0 Å². The molecule has 0 aromatic carbocycles. The summed E-state index contributed by atoms with van der Waals surface area (Å²) in [6, 6.07) is 0.473. The molecule has 2 saturated heterocycles. The molecule has 2 aliphatic rings.